The molecule has 2 aromatic carbocycles. The van der Waals surface area contributed by atoms with Gasteiger partial charge in [-0.25, -0.2) is 4.39 Å². The van der Waals surface area contributed by atoms with Crippen LogP contribution in [0, 0.1) is 5.82 Å². The second-order valence-electron chi connectivity index (χ2n) is 9.56. The molecule has 2 aliphatic rings. The largest absolute Gasteiger partial charge is 0.497 e. The SMILES string of the molecule is COc1cccc(C(=O)N2CCC3(CC2)OC[C@@H](C(=O)NCc2cccnc2)N3C(=O)c2ccc(F)cc2)c1. The van der Waals surface area contributed by atoms with Crippen LogP contribution in [0.25, 0.3) is 0 Å². The quantitative estimate of drug-likeness (QED) is 0.524. The summed E-state index contributed by atoms with van der Waals surface area (Å²) in [4.78, 5) is 47.5. The van der Waals surface area contributed by atoms with Crippen molar-refractivity contribution in [1.82, 2.24) is 20.1 Å². The van der Waals surface area contributed by atoms with Crippen LogP contribution in [0.2, 0.25) is 0 Å². The second-order valence-corrected chi connectivity index (χ2v) is 9.56. The lowest BCUT2D eigenvalue weighted by atomic mass is 9.96. The first-order valence-electron chi connectivity index (χ1n) is 12.7. The first-order valence-corrected chi connectivity index (χ1v) is 12.7. The number of carbonyl (C=O) groups excluding carboxylic acids is 3. The number of hydrogen-bond acceptors (Lipinski definition) is 6. The fourth-order valence-electron chi connectivity index (χ4n) is 5.11. The number of methoxy groups -OCH3 is 1. The molecule has 0 aliphatic carbocycles. The van der Waals surface area contributed by atoms with Gasteiger partial charge in [0.05, 0.1) is 13.7 Å². The highest BCUT2D eigenvalue weighted by molar-refractivity contribution is 5.98. The van der Waals surface area contributed by atoms with Gasteiger partial charge in [0.25, 0.3) is 11.8 Å². The monoisotopic (exact) mass is 532 g/mol. The maximum Gasteiger partial charge on any atom is 0.256 e. The molecular formula is C29H29FN4O5. The fourth-order valence-corrected chi connectivity index (χ4v) is 5.11. The molecule has 1 aromatic heterocycles. The molecule has 3 heterocycles. The summed E-state index contributed by atoms with van der Waals surface area (Å²) in [6, 6.07) is 14.9. The number of rotatable bonds is 6. The summed E-state index contributed by atoms with van der Waals surface area (Å²) in [7, 11) is 1.54. The van der Waals surface area contributed by atoms with Gasteiger partial charge >= 0.3 is 0 Å². The van der Waals surface area contributed by atoms with Crippen molar-refractivity contribution in [3.05, 3.63) is 95.6 Å². The fraction of sp³-hybridized carbons (Fsp3) is 0.310. The molecule has 2 aliphatic heterocycles. The summed E-state index contributed by atoms with van der Waals surface area (Å²) in [5.74, 6) is -0.815. The topological polar surface area (TPSA) is 101 Å². The van der Waals surface area contributed by atoms with Crippen LogP contribution >= 0.6 is 0 Å². The molecule has 1 spiro atoms. The Bertz CT molecular complexity index is 1340. The Labute approximate surface area is 225 Å². The van der Waals surface area contributed by atoms with Crippen molar-refractivity contribution < 1.29 is 28.2 Å². The van der Waals surface area contributed by atoms with Gasteiger partial charge in [-0.2, -0.15) is 0 Å². The number of nitrogens with one attached hydrogen (secondary N) is 1. The van der Waals surface area contributed by atoms with Gasteiger partial charge < -0.3 is 19.7 Å². The molecule has 1 atom stereocenters. The summed E-state index contributed by atoms with van der Waals surface area (Å²) in [6.45, 7) is 0.910. The van der Waals surface area contributed by atoms with E-state index in [4.69, 9.17) is 9.47 Å². The number of benzene rings is 2. The molecule has 1 N–H and O–H groups in total. The van der Waals surface area contributed by atoms with Crippen LogP contribution in [0.3, 0.4) is 0 Å². The molecule has 202 valence electrons. The van der Waals surface area contributed by atoms with Crippen LogP contribution in [0.4, 0.5) is 4.39 Å². The Morgan fingerprint density at radius 1 is 1.05 bits per heavy atom. The number of halogens is 1. The van der Waals surface area contributed by atoms with E-state index in [0.29, 0.717) is 37.2 Å². The molecule has 0 saturated carbocycles. The summed E-state index contributed by atoms with van der Waals surface area (Å²) in [6.07, 6.45) is 3.95. The third kappa shape index (κ3) is 5.46. The van der Waals surface area contributed by atoms with E-state index in [2.05, 4.69) is 10.3 Å². The number of ether oxygens (including phenoxy) is 2. The van der Waals surface area contributed by atoms with Gasteiger partial charge in [0.15, 0.2) is 0 Å². The predicted octanol–water partition coefficient (Wildman–Crippen LogP) is 3.02. The van der Waals surface area contributed by atoms with Gasteiger partial charge in [-0.15, -0.1) is 0 Å². The number of amides is 3. The van der Waals surface area contributed by atoms with Crippen molar-refractivity contribution in [1.29, 1.82) is 0 Å². The summed E-state index contributed by atoms with van der Waals surface area (Å²) in [5, 5.41) is 2.88. The average Bonchev–Trinajstić information content (AvgIpc) is 3.35. The molecule has 0 bridgehead atoms. The highest BCUT2D eigenvalue weighted by Gasteiger charge is 2.54. The summed E-state index contributed by atoms with van der Waals surface area (Å²) < 4.78 is 25.0. The van der Waals surface area contributed by atoms with Crippen LogP contribution < -0.4 is 10.1 Å². The molecule has 5 rings (SSSR count). The van der Waals surface area contributed by atoms with E-state index in [-0.39, 0.29) is 30.5 Å². The Morgan fingerprint density at radius 2 is 1.82 bits per heavy atom. The maximum absolute atomic E-state index is 13.8. The number of carbonyl (C=O) groups is 3. The smallest absolute Gasteiger partial charge is 0.256 e. The standard InChI is InChI=1S/C29H29FN4O5/c1-38-24-6-2-5-22(16-24)27(36)33-14-11-29(12-15-33)34(28(37)21-7-9-23(30)10-8-21)25(19-39-29)26(35)32-18-20-4-3-13-31-17-20/h2-10,13,16-17,25H,11-12,14-15,18-19H2,1H3,(H,32,35)/t25-/m0/s1. The Morgan fingerprint density at radius 3 is 2.51 bits per heavy atom. The molecule has 9 nitrogen and oxygen atoms in total. The third-order valence-corrected chi connectivity index (χ3v) is 7.21. The maximum atomic E-state index is 13.8. The molecule has 10 heteroatoms. The van der Waals surface area contributed by atoms with Crippen LogP contribution in [0.5, 0.6) is 5.75 Å². The zero-order valence-corrected chi connectivity index (χ0v) is 21.5. The number of hydrogen-bond donors (Lipinski definition) is 1. The minimum absolute atomic E-state index is 0.00956. The van der Waals surface area contributed by atoms with E-state index in [9.17, 15) is 18.8 Å². The van der Waals surface area contributed by atoms with Gasteiger partial charge in [-0.1, -0.05) is 12.1 Å². The predicted molar refractivity (Wildman–Crippen MR) is 139 cm³/mol. The third-order valence-electron chi connectivity index (χ3n) is 7.21. The van der Waals surface area contributed by atoms with Crippen LogP contribution in [0.1, 0.15) is 39.1 Å². The number of nitrogens with zero attached hydrogens (tertiary/aromatic N) is 3. The number of pyridine rings is 1. The van der Waals surface area contributed by atoms with Gasteiger partial charge in [0.2, 0.25) is 5.91 Å². The van der Waals surface area contributed by atoms with Gasteiger partial charge in [-0.3, -0.25) is 24.3 Å². The van der Waals surface area contributed by atoms with Crippen molar-refractivity contribution in [3.8, 4) is 5.75 Å². The molecule has 2 fully saturated rings. The lowest BCUT2D eigenvalue weighted by molar-refractivity contribution is -0.128. The number of likely N-dealkylation sites (tertiary alicyclic amines) is 1. The highest BCUT2D eigenvalue weighted by Crippen LogP contribution is 2.39. The highest BCUT2D eigenvalue weighted by atomic mass is 19.1. The van der Waals surface area contributed by atoms with Crippen molar-refractivity contribution in [2.24, 2.45) is 0 Å². The molecule has 3 aromatic rings. The Kier molecular flexibility index (Phi) is 7.56. The van der Waals surface area contributed by atoms with Gasteiger partial charge in [-0.05, 0) is 54.1 Å². The molecule has 0 unspecified atom stereocenters. The van der Waals surface area contributed by atoms with Crippen molar-refractivity contribution >= 4 is 17.7 Å². The van der Waals surface area contributed by atoms with Crippen molar-refractivity contribution in [2.45, 2.75) is 31.2 Å². The number of aromatic nitrogens is 1. The van der Waals surface area contributed by atoms with Crippen LogP contribution in [-0.4, -0.2) is 71.1 Å². The minimum Gasteiger partial charge on any atom is -0.497 e. The van der Waals surface area contributed by atoms with Gasteiger partial charge in [0.1, 0.15) is 23.3 Å². The Hall–Kier alpha value is -4.31. The van der Waals surface area contributed by atoms with E-state index in [1.54, 1.807) is 54.7 Å². The Balaban J connectivity index is 1.35. The van der Waals surface area contributed by atoms with E-state index in [1.165, 1.54) is 29.2 Å². The van der Waals surface area contributed by atoms with Crippen molar-refractivity contribution in [2.75, 3.05) is 26.8 Å². The van der Waals surface area contributed by atoms with Crippen molar-refractivity contribution in [3.63, 3.8) is 0 Å². The van der Waals surface area contributed by atoms with Crippen LogP contribution in [0.15, 0.2) is 73.1 Å². The summed E-state index contributed by atoms with van der Waals surface area (Å²) in [5.41, 5.74) is 0.499. The molecule has 3 amide bonds. The number of piperidine rings is 1. The molecule has 0 radical (unpaired) electrons. The second kappa shape index (κ2) is 11.2. The first kappa shape index (κ1) is 26.3. The molecule has 2 saturated heterocycles. The minimum atomic E-state index is -1.08. The average molecular weight is 533 g/mol. The van der Waals surface area contributed by atoms with E-state index >= 15 is 0 Å². The van der Waals surface area contributed by atoms with E-state index < -0.39 is 23.5 Å². The normalized spacial score (nSPS) is 18.2. The lowest BCUT2D eigenvalue weighted by Crippen LogP contribution is -2.59. The lowest BCUT2D eigenvalue weighted by Gasteiger charge is -2.44. The van der Waals surface area contributed by atoms with Crippen LogP contribution in [-0.2, 0) is 16.1 Å². The molecule has 39 heavy (non-hydrogen) atoms. The van der Waals surface area contributed by atoms with E-state index in [1.807, 2.05) is 6.07 Å². The molecular weight excluding hydrogens is 503 g/mol. The first-order chi connectivity index (χ1) is 18.9. The zero-order chi connectivity index (χ0) is 27.4. The zero-order valence-electron chi connectivity index (χ0n) is 21.5. The van der Waals surface area contributed by atoms with E-state index in [0.717, 1.165) is 5.56 Å². The summed E-state index contributed by atoms with van der Waals surface area (Å²) >= 11 is 0. The van der Waals surface area contributed by atoms with Gasteiger partial charge in [0, 0.05) is 56.0 Å².